The van der Waals surface area contributed by atoms with Crippen molar-refractivity contribution >= 4 is 11.9 Å². The molecule has 1 aromatic heterocycles. The van der Waals surface area contributed by atoms with Gasteiger partial charge in [-0.3, -0.25) is 0 Å². The van der Waals surface area contributed by atoms with E-state index >= 15 is 0 Å². The Balaban J connectivity index is 1.88. The van der Waals surface area contributed by atoms with E-state index in [-0.39, 0.29) is 11.4 Å². The second kappa shape index (κ2) is 9.74. The predicted molar refractivity (Wildman–Crippen MR) is 122 cm³/mol. The number of hydrogen-bond donors (Lipinski definition) is 0. The van der Waals surface area contributed by atoms with Crippen LogP contribution in [0.3, 0.4) is 0 Å². The average molecular weight is 440 g/mol. The molecule has 33 heavy (non-hydrogen) atoms. The molecule has 0 aliphatic heterocycles. The molecule has 0 aliphatic rings. The third-order valence-corrected chi connectivity index (χ3v) is 4.93. The highest BCUT2D eigenvalue weighted by Crippen LogP contribution is 2.38. The molecule has 3 aromatic carbocycles. The minimum Gasteiger partial charge on any atom is -0.465 e. The van der Waals surface area contributed by atoms with Crippen LogP contribution in [0.25, 0.3) is 22.4 Å². The molecular formula is C26H20N2O5. The number of rotatable bonds is 6. The van der Waals surface area contributed by atoms with Crippen LogP contribution in [0.15, 0.2) is 84.9 Å². The number of carbonyl (C=O) groups excluding carboxylic acids is 2. The highest BCUT2D eigenvalue weighted by molar-refractivity contribution is 6.03. The van der Waals surface area contributed by atoms with Gasteiger partial charge in [-0.2, -0.15) is 0 Å². The minimum absolute atomic E-state index is 0.00815. The number of esters is 2. The lowest BCUT2D eigenvalue weighted by atomic mass is 9.95. The van der Waals surface area contributed by atoms with Crippen molar-refractivity contribution in [2.45, 2.75) is 0 Å². The maximum atomic E-state index is 13.0. The van der Waals surface area contributed by atoms with Gasteiger partial charge in [-0.05, 0) is 29.8 Å². The highest BCUT2D eigenvalue weighted by atomic mass is 16.5. The first-order valence-electron chi connectivity index (χ1n) is 10.1. The Kier molecular flexibility index (Phi) is 6.40. The molecule has 4 aromatic rings. The van der Waals surface area contributed by atoms with E-state index in [0.29, 0.717) is 22.6 Å². The topological polar surface area (TPSA) is 87.6 Å². The maximum Gasteiger partial charge on any atom is 0.344 e. The quantitative estimate of drug-likeness (QED) is 0.382. The van der Waals surface area contributed by atoms with Crippen molar-refractivity contribution in [2.75, 3.05) is 14.2 Å². The standard InChI is InChI=1S/C26H20N2O5/c1-31-25(29)19-13-15-20(16-14-19)33-24-22(26(30)32-2)21(17-9-5-3-6-10-17)23(27-28-24)18-11-7-4-8-12-18/h3-16H,1-2H3. The number of carbonyl (C=O) groups is 2. The summed E-state index contributed by atoms with van der Waals surface area (Å²) < 4.78 is 15.7. The van der Waals surface area contributed by atoms with Crippen molar-refractivity contribution in [1.82, 2.24) is 10.2 Å². The Morgan fingerprint density at radius 1 is 0.667 bits per heavy atom. The third-order valence-electron chi connectivity index (χ3n) is 4.93. The molecular weight excluding hydrogens is 420 g/mol. The summed E-state index contributed by atoms with van der Waals surface area (Å²) >= 11 is 0. The second-order valence-electron chi connectivity index (χ2n) is 6.95. The first kappa shape index (κ1) is 21.7. The molecule has 1 heterocycles. The first-order chi connectivity index (χ1) is 16.1. The molecule has 0 atom stereocenters. The summed E-state index contributed by atoms with van der Waals surface area (Å²) in [4.78, 5) is 24.6. The van der Waals surface area contributed by atoms with Crippen LogP contribution in [0, 0.1) is 0 Å². The first-order valence-corrected chi connectivity index (χ1v) is 10.1. The van der Waals surface area contributed by atoms with Crippen molar-refractivity contribution in [3.8, 4) is 34.0 Å². The summed E-state index contributed by atoms with van der Waals surface area (Å²) in [5.74, 6) is -0.711. The molecule has 0 amide bonds. The van der Waals surface area contributed by atoms with Gasteiger partial charge in [-0.1, -0.05) is 60.7 Å². The molecule has 0 N–H and O–H groups in total. The zero-order valence-corrected chi connectivity index (χ0v) is 18.0. The van der Waals surface area contributed by atoms with Gasteiger partial charge in [0.2, 0.25) is 0 Å². The molecule has 7 nitrogen and oxygen atoms in total. The second-order valence-corrected chi connectivity index (χ2v) is 6.95. The fourth-order valence-electron chi connectivity index (χ4n) is 3.36. The number of nitrogens with zero attached hydrogens (tertiary/aromatic N) is 2. The summed E-state index contributed by atoms with van der Waals surface area (Å²) in [6, 6.07) is 25.1. The Morgan fingerprint density at radius 2 is 1.24 bits per heavy atom. The van der Waals surface area contributed by atoms with Crippen molar-refractivity contribution in [2.24, 2.45) is 0 Å². The normalized spacial score (nSPS) is 10.4. The van der Waals surface area contributed by atoms with Gasteiger partial charge in [0.1, 0.15) is 17.0 Å². The average Bonchev–Trinajstić information content (AvgIpc) is 2.89. The van der Waals surface area contributed by atoms with Gasteiger partial charge in [-0.15, -0.1) is 10.2 Å². The van der Waals surface area contributed by atoms with Crippen LogP contribution in [-0.2, 0) is 9.47 Å². The number of methoxy groups -OCH3 is 2. The van der Waals surface area contributed by atoms with Crippen LogP contribution < -0.4 is 4.74 Å². The molecule has 0 radical (unpaired) electrons. The van der Waals surface area contributed by atoms with Gasteiger partial charge in [-0.25, -0.2) is 9.59 Å². The molecule has 0 spiro atoms. The molecule has 0 fully saturated rings. The Labute approximate surface area is 190 Å². The lowest BCUT2D eigenvalue weighted by Gasteiger charge is -2.16. The SMILES string of the molecule is COC(=O)c1ccc(Oc2nnc(-c3ccccc3)c(-c3ccccc3)c2C(=O)OC)cc1. The van der Waals surface area contributed by atoms with E-state index < -0.39 is 11.9 Å². The summed E-state index contributed by atoms with van der Waals surface area (Å²) in [7, 11) is 2.61. The molecule has 0 saturated heterocycles. The number of aromatic nitrogens is 2. The Morgan fingerprint density at radius 3 is 1.82 bits per heavy atom. The zero-order chi connectivity index (χ0) is 23.2. The maximum absolute atomic E-state index is 13.0. The van der Waals surface area contributed by atoms with Gasteiger partial charge in [0.25, 0.3) is 5.88 Å². The summed E-state index contributed by atoms with van der Waals surface area (Å²) in [5.41, 5.74) is 3.14. The van der Waals surface area contributed by atoms with Crippen LogP contribution in [0.1, 0.15) is 20.7 Å². The van der Waals surface area contributed by atoms with E-state index in [0.717, 1.165) is 11.1 Å². The van der Waals surface area contributed by atoms with Gasteiger partial charge < -0.3 is 14.2 Å². The van der Waals surface area contributed by atoms with E-state index in [1.807, 2.05) is 60.7 Å². The summed E-state index contributed by atoms with van der Waals surface area (Å²) in [6.45, 7) is 0. The van der Waals surface area contributed by atoms with Crippen LogP contribution in [-0.4, -0.2) is 36.4 Å². The van der Waals surface area contributed by atoms with Gasteiger partial charge in [0.05, 0.1) is 19.8 Å². The van der Waals surface area contributed by atoms with E-state index in [1.165, 1.54) is 14.2 Å². The largest absolute Gasteiger partial charge is 0.465 e. The monoisotopic (exact) mass is 440 g/mol. The number of ether oxygens (including phenoxy) is 3. The lowest BCUT2D eigenvalue weighted by Crippen LogP contribution is -2.10. The van der Waals surface area contributed by atoms with Crippen LogP contribution in [0.4, 0.5) is 0 Å². The summed E-state index contributed by atoms with van der Waals surface area (Å²) in [6.07, 6.45) is 0. The lowest BCUT2D eigenvalue weighted by molar-refractivity contribution is 0.0590. The molecule has 7 heteroatoms. The minimum atomic E-state index is -0.609. The van der Waals surface area contributed by atoms with Crippen molar-refractivity contribution in [1.29, 1.82) is 0 Å². The van der Waals surface area contributed by atoms with Crippen molar-refractivity contribution in [3.63, 3.8) is 0 Å². The molecule has 164 valence electrons. The highest BCUT2D eigenvalue weighted by Gasteiger charge is 2.26. The third kappa shape index (κ3) is 4.57. The Bertz CT molecular complexity index is 1270. The van der Waals surface area contributed by atoms with Crippen molar-refractivity contribution < 1.29 is 23.8 Å². The molecule has 0 bridgehead atoms. The zero-order valence-electron chi connectivity index (χ0n) is 18.0. The number of benzene rings is 3. The van der Waals surface area contributed by atoms with E-state index in [9.17, 15) is 9.59 Å². The van der Waals surface area contributed by atoms with E-state index in [1.54, 1.807) is 24.3 Å². The van der Waals surface area contributed by atoms with Crippen LogP contribution in [0.5, 0.6) is 11.6 Å². The van der Waals surface area contributed by atoms with Gasteiger partial charge in [0.15, 0.2) is 0 Å². The number of hydrogen-bond acceptors (Lipinski definition) is 7. The van der Waals surface area contributed by atoms with Gasteiger partial charge >= 0.3 is 11.9 Å². The molecule has 0 unspecified atom stereocenters. The molecule has 4 rings (SSSR count). The van der Waals surface area contributed by atoms with Crippen LogP contribution in [0.2, 0.25) is 0 Å². The van der Waals surface area contributed by atoms with E-state index in [2.05, 4.69) is 10.2 Å². The van der Waals surface area contributed by atoms with Gasteiger partial charge in [0, 0.05) is 11.1 Å². The molecule has 0 aliphatic carbocycles. The fourth-order valence-corrected chi connectivity index (χ4v) is 3.36. The predicted octanol–water partition coefficient (Wildman–Crippen LogP) is 5.18. The fraction of sp³-hybridized carbons (Fsp3) is 0.0769. The Hall–Kier alpha value is -4.52. The summed E-state index contributed by atoms with van der Waals surface area (Å²) in [5, 5.41) is 8.62. The van der Waals surface area contributed by atoms with Crippen molar-refractivity contribution in [3.05, 3.63) is 96.1 Å². The van der Waals surface area contributed by atoms with E-state index in [4.69, 9.17) is 14.2 Å². The molecule has 0 saturated carbocycles. The van der Waals surface area contributed by atoms with Crippen LogP contribution >= 0.6 is 0 Å². The smallest absolute Gasteiger partial charge is 0.344 e.